The molecule has 4 nitrogen and oxygen atoms in total. The Balaban J connectivity index is 1.45. The molecule has 1 aliphatic heterocycles. The zero-order chi connectivity index (χ0) is 29.2. The minimum Gasteiger partial charge on any atom is -0.365 e. The van der Waals surface area contributed by atoms with Crippen molar-refractivity contribution in [1.82, 2.24) is 9.80 Å². The van der Waals surface area contributed by atoms with E-state index in [9.17, 15) is 0 Å². The fourth-order valence-corrected chi connectivity index (χ4v) is 6.72. The van der Waals surface area contributed by atoms with Crippen molar-refractivity contribution < 1.29 is 0 Å². The van der Waals surface area contributed by atoms with Crippen LogP contribution in [-0.2, 0) is 0 Å². The van der Waals surface area contributed by atoms with Gasteiger partial charge in [-0.25, -0.2) is 0 Å². The predicted molar refractivity (Wildman–Crippen MR) is 178 cm³/mol. The van der Waals surface area contributed by atoms with E-state index in [0.717, 1.165) is 6.42 Å². The molecule has 212 valence electrons. The van der Waals surface area contributed by atoms with Gasteiger partial charge in [0.2, 0.25) is 0 Å². The molecule has 0 fully saturated rings. The van der Waals surface area contributed by atoms with Crippen LogP contribution >= 0.6 is 0 Å². The molecule has 0 saturated heterocycles. The van der Waals surface area contributed by atoms with Crippen molar-refractivity contribution >= 4 is 24.6 Å². The number of rotatable bonds is 9. The summed E-state index contributed by atoms with van der Waals surface area (Å²) in [5.74, 6) is 0. The van der Waals surface area contributed by atoms with Gasteiger partial charge in [-0.1, -0.05) is 72.9 Å². The molecule has 0 amide bonds. The highest BCUT2D eigenvalue weighted by atomic mass is 28.3. The molecular weight excluding hydrogens is 504 g/mol. The Hall–Kier alpha value is -3.44. The highest BCUT2D eigenvalue weighted by Crippen LogP contribution is 2.33. The summed E-state index contributed by atoms with van der Waals surface area (Å²) in [6.45, 7) is 18.3. The second kappa shape index (κ2) is 12.0. The van der Waals surface area contributed by atoms with E-state index in [2.05, 4.69) is 168 Å². The molecule has 1 heterocycles. The van der Waals surface area contributed by atoms with Gasteiger partial charge in [-0.05, 0) is 86.8 Å². The van der Waals surface area contributed by atoms with E-state index in [4.69, 9.17) is 0 Å². The summed E-state index contributed by atoms with van der Waals surface area (Å²) in [5.41, 5.74) is 10.3. The first-order valence-electron chi connectivity index (χ1n) is 14.5. The Morgan fingerprint density at radius 2 is 1.68 bits per heavy atom. The summed E-state index contributed by atoms with van der Waals surface area (Å²) < 4.78 is 0. The molecule has 0 aromatic heterocycles. The number of anilines is 2. The second-order valence-corrected chi connectivity index (χ2v) is 17.7. The predicted octanol–water partition coefficient (Wildman–Crippen LogP) is 8.06. The van der Waals surface area contributed by atoms with E-state index in [-0.39, 0.29) is 12.3 Å². The number of nitrogens with zero attached hydrogens (tertiary/aromatic N) is 3. The molecule has 0 spiro atoms. The van der Waals surface area contributed by atoms with E-state index in [0.29, 0.717) is 0 Å². The lowest BCUT2D eigenvalue weighted by molar-refractivity contribution is 0.346. The SMILES string of the molecule is C/C(=C\N(C)[C@H](C)Nc1ccc([Si](C)(C)C)cc1C)CC1N(C)C=CN1c1ccc(-c2ccccc2C)cc1C. The highest BCUT2D eigenvalue weighted by molar-refractivity contribution is 6.88. The van der Waals surface area contributed by atoms with Crippen LogP contribution in [0.3, 0.4) is 0 Å². The van der Waals surface area contributed by atoms with E-state index < -0.39 is 8.07 Å². The molecule has 5 heteroatoms. The van der Waals surface area contributed by atoms with Gasteiger partial charge in [-0.3, -0.25) is 0 Å². The molecule has 3 aromatic carbocycles. The molecule has 1 N–H and O–H groups in total. The summed E-state index contributed by atoms with van der Waals surface area (Å²) in [5, 5.41) is 5.23. The average molecular weight is 553 g/mol. The zero-order valence-corrected chi connectivity index (χ0v) is 27.2. The largest absolute Gasteiger partial charge is 0.365 e. The molecule has 1 aliphatic rings. The van der Waals surface area contributed by atoms with Gasteiger partial charge in [-0.15, -0.1) is 0 Å². The number of hydrogen-bond donors (Lipinski definition) is 1. The van der Waals surface area contributed by atoms with Crippen LogP contribution < -0.4 is 15.4 Å². The lowest BCUT2D eigenvalue weighted by atomic mass is 9.98. The van der Waals surface area contributed by atoms with E-state index in [1.54, 1.807) is 0 Å². The van der Waals surface area contributed by atoms with Crippen LogP contribution in [0.25, 0.3) is 11.1 Å². The first-order valence-corrected chi connectivity index (χ1v) is 18.0. The van der Waals surface area contributed by atoms with Crippen molar-refractivity contribution in [3.63, 3.8) is 0 Å². The smallest absolute Gasteiger partial charge is 0.109 e. The first-order chi connectivity index (χ1) is 18.8. The normalized spacial score (nSPS) is 16.4. The fourth-order valence-electron chi connectivity index (χ4n) is 5.48. The lowest BCUT2D eigenvalue weighted by Gasteiger charge is -2.33. The second-order valence-electron chi connectivity index (χ2n) is 12.6. The minimum absolute atomic E-state index is 0.179. The van der Waals surface area contributed by atoms with Crippen molar-refractivity contribution in [3.8, 4) is 11.1 Å². The number of nitrogens with one attached hydrogen (secondary N) is 1. The lowest BCUT2D eigenvalue weighted by Crippen LogP contribution is -2.38. The molecular formula is C35H48N4Si. The Kier molecular flexibility index (Phi) is 8.84. The number of aryl methyl sites for hydroxylation is 3. The van der Waals surface area contributed by atoms with Crippen LogP contribution in [-0.4, -0.2) is 44.3 Å². The topological polar surface area (TPSA) is 21.8 Å². The third kappa shape index (κ3) is 6.64. The van der Waals surface area contributed by atoms with Crippen LogP contribution in [0.5, 0.6) is 0 Å². The van der Waals surface area contributed by atoms with E-state index in [1.165, 1.54) is 50.0 Å². The Bertz CT molecular complexity index is 1400. The number of benzene rings is 3. The van der Waals surface area contributed by atoms with Gasteiger partial charge in [0.25, 0.3) is 0 Å². The van der Waals surface area contributed by atoms with Crippen molar-refractivity contribution in [3.05, 3.63) is 102 Å². The molecule has 3 aromatic rings. The summed E-state index contributed by atoms with van der Waals surface area (Å²) >= 11 is 0. The Morgan fingerprint density at radius 1 is 0.950 bits per heavy atom. The van der Waals surface area contributed by atoms with E-state index in [1.807, 2.05) is 0 Å². The average Bonchev–Trinajstić information content (AvgIpc) is 3.24. The maximum absolute atomic E-state index is 3.72. The molecule has 1 unspecified atom stereocenters. The summed E-state index contributed by atoms with van der Waals surface area (Å²) in [7, 11) is 3.02. The summed E-state index contributed by atoms with van der Waals surface area (Å²) in [6, 6.07) is 22.4. The summed E-state index contributed by atoms with van der Waals surface area (Å²) in [6.07, 6.45) is 8.07. The zero-order valence-electron chi connectivity index (χ0n) is 26.2. The van der Waals surface area contributed by atoms with Gasteiger partial charge in [-0.2, -0.15) is 0 Å². The fraction of sp³-hybridized carbons (Fsp3) is 0.371. The first kappa shape index (κ1) is 29.5. The molecule has 0 aliphatic carbocycles. The van der Waals surface area contributed by atoms with Crippen molar-refractivity contribution in [2.24, 2.45) is 0 Å². The van der Waals surface area contributed by atoms with Crippen LogP contribution in [0.1, 0.15) is 37.0 Å². The highest BCUT2D eigenvalue weighted by Gasteiger charge is 2.26. The van der Waals surface area contributed by atoms with Gasteiger partial charge < -0.3 is 20.0 Å². The summed E-state index contributed by atoms with van der Waals surface area (Å²) in [4.78, 5) is 7.02. The van der Waals surface area contributed by atoms with Gasteiger partial charge in [0, 0.05) is 44.3 Å². The molecule has 2 atom stereocenters. The van der Waals surface area contributed by atoms with Crippen LogP contribution in [0.4, 0.5) is 11.4 Å². The monoisotopic (exact) mass is 552 g/mol. The van der Waals surface area contributed by atoms with Gasteiger partial charge in [0.1, 0.15) is 6.17 Å². The van der Waals surface area contributed by atoms with Crippen molar-refractivity contribution in [2.45, 2.75) is 73.0 Å². The van der Waals surface area contributed by atoms with E-state index >= 15 is 0 Å². The van der Waals surface area contributed by atoms with Crippen LogP contribution in [0, 0.1) is 20.8 Å². The maximum Gasteiger partial charge on any atom is 0.109 e. The molecule has 0 radical (unpaired) electrons. The Labute approximate surface area is 244 Å². The van der Waals surface area contributed by atoms with Gasteiger partial charge >= 0.3 is 0 Å². The number of hydrogen-bond acceptors (Lipinski definition) is 4. The van der Waals surface area contributed by atoms with Crippen molar-refractivity contribution in [1.29, 1.82) is 0 Å². The quantitative estimate of drug-likeness (QED) is 0.214. The van der Waals surface area contributed by atoms with Crippen molar-refractivity contribution in [2.75, 3.05) is 24.3 Å². The minimum atomic E-state index is -1.31. The molecule has 0 bridgehead atoms. The molecule has 4 rings (SSSR count). The maximum atomic E-state index is 3.72. The van der Waals surface area contributed by atoms with Crippen LogP contribution in [0.15, 0.2) is 84.8 Å². The third-order valence-corrected chi connectivity index (χ3v) is 10.2. The van der Waals surface area contributed by atoms with Crippen LogP contribution in [0.2, 0.25) is 19.6 Å². The van der Waals surface area contributed by atoms with Gasteiger partial charge in [0.05, 0.1) is 14.2 Å². The molecule has 40 heavy (non-hydrogen) atoms. The Morgan fingerprint density at radius 3 is 2.33 bits per heavy atom. The third-order valence-electron chi connectivity index (χ3n) is 8.18. The van der Waals surface area contributed by atoms with Gasteiger partial charge in [0.15, 0.2) is 0 Å². The standard InChI is InChI=1S/C35H48N4Si/c1-25(24-38(7)29(5)36-33-17-16-31(23-27(33)3)40(8,9)10)21-35-37(6)19-20-39(35)34-18-15-30(22-28(34)4)32-14-12-11-13-26(32)2/h11-20,22-24,29,35-36H,21H2,1-10H3/b25-24+/t29-,35?/m1/s1. The molecule has 0 saturated carbocycles.